The number of aromatic nitrogens is 4. The summed E-state index contributed by atoms with van der Waals surface area (Å²) in [5.41, 5.74) is 25.6. The van der Waals surface area contributed by atoms with Crippen LogP contribution in [0.1, 0.15) is 0 Å². The van der Waals surface area contributed by atoms with Crippen molar-refractivity contribution in [3.05, 3.63) is 328 Å². The van der Waals surface area contributed by atoms with Crippen LogP contribution in [0.15, 0.2) is 341 Å². The lowest BCUT2D eigenvalue weighted by atomic mass is 9.95. The SMILES string of the molecule is c1ccc(-n2c3ccc(-c4ccc5c(c4)c4c6c(cc(-c7ccc8oc9cc%10c%11cc(-c%12ccc%13c(c%12)c%12c%14c(ccc%12n%13-c%12ccccc%12)oc%12ccccc%12%14)ccc%11n(-c%11ccccc%11)c%10cc9c8c7)c4n5-c4ccccc4)sc4ccccc46)cc3c3cc4oc5ccccc5c4cc32)cc1. The minimum atomic E-state index is 0.841. The van der Waals surface area contributed by atoms with E-state index in [4.69, 9.17) is 13.3 Å². The van der Waals surface area contributed by atoms with Gasteiger partial charge in [-0.25, -0.2) is 0 Å². The first-order chi connectivity index (χ1) is 51.5. The zero-order valence-corrected chi connectivity index (χ0v) is 56.4. The van der Waals surface area contributed by atoms with Crippen molar-refractivity contribution in [2.45, 2.75) is 0 Å². The summed E-state index contributed by atoms with van der Waals surface area (Å²) in [4.78, 5) is 0. The summed E-state index contributed by atoms with van der Waals surface area (Å²) in [7, 11) is 0. The Morgan fingerprint density at radius 3 is 1.16 bits per heavy atom. The Balaban J connectivity index is 0.704. The van der Waals surface area contributed by atoms with E-state index in [1.807, 2.05) is 23.5 Å². The maximum Gasteiger partial charge on any atom is 0.136 e. The molecule has 0 aliphatic carbocycles. The van der Waals surface area contributed by atoms with Gasteiger partial charge in [-0.05, 0) is 198 Å². The molecule has 24 rings (SSSR count). The minimum Gasteiger partial charge on any atom is -0.456 e. The zero-order chi connectivity index (χ0) is 67.6. The van der Waals surface area contributed by atoms with Crippen LogP contribution in [0.5, 0.6) is 0 Å². The Kier molecular flexibility index (Phi) is 11.3. The molecule has 8 heteroatoms. The van der Waals surface area contributed by atoms with Crippen LogP contribution in [0.25, 0.3) is 229 Å². The van der Waals surface area contributed by atoms with Gasteiger partial charge in [0.2, 0.25) is 0 Å². The standard InChI is InChI=1S/C96H54N4O3S/c1-5-19-60(20-6-1)97-79-40-35-57(47-75(79)92-81(97)42-44-87-93(92)65-28-14-17-31-85(65)101-87)55-33-38-78-69(45-55)71-53-89-74(51-83(71)99(78)62-23-9-3-10-24-62)72-49-59(37-43-86(72)103-89)67-54-91-94(66-29-15-18-32-90(66)104-91)95-76-48-58(36-41-80(76)100(96(67)95)63-25-11-4-12-26-63)56-34-39-77-68(46-56)70-52-88-73(64-27-13-16-30-84(64)102-88)50-82(70)98(77)61-21-7-2-8-22-61/h1-54H. The molecule has 0 N–H and O–H groups in total. The van der Waals surface area contributed by atoms with Crippen molar-refractivity contribution < 1.29 is 13.3 Å². The normalized spacial score (nSPS) is 12.4. The predicted octanol–water partition coefficient (Wildman–Crippen LogP) is 27.1. The number of para-hydroxylation sites is 6. The molecular weight excluding hydrogens is 1290 g/mol. The number of nitrogens with zero attached hydrogens (tertiary/aromatic N) is 4. The van der Waals surface area contributed by atoms with E-state index in [1.165, 1.54) is 47.1 Å². The summed E-state index contributed by atoms with van der Waals surface area (Å²) < 4.78 is 32.5. The van der Waals surface area contributed by atoms with Gasteiger partial charge in [-0.15, -0.1) is 11.3 Å². The van der Waals surface area contributed by atoms with Crippen LogP contribution in [0, 0.1) is 0 Å². The number of hydrogen-bond donors (Lipinski definition) is 0. The monoisotopic (exact) mass is 1340 g/mol. The van der Waals surface area contributed by atoms with Crippen LogP contribution in [0.4, 0.5) is 0 Å². The summed E-state index contributed by atoms with van der Waals surface area (Å²) in [6.45, 7) is 0. The van der Waals surface area contributed by atoms with Gasteiger partial charge in [-0.2, -0.15) is 0 Å². The molecule has 0 radical (unpaired) electrons. The van der Waals surface area contributed by atoms with Gasteiger partial charge in [0.25, 0.3) is 0 Å². The number of thiophene rings is 1. The van der Waals surface area contributed by atoms with Crippen LogP contribution in [0.2, 0.25) is 0 Å². The Morgan fingerprint density at radius 2 is 0.577 bits per heavy atom. The lowest BCUT2D eigenvalue weighted by Crippen LogP contribution is -1.95. The molecule has 0 fully saturated rings. The Labute approximate surface area is 595 Å². The first-order valence-electron chi connectivity index (χ1n) is 35.4. The van der Waals surface area contributed by atoms with E-state index in [1.54, 1.807) is 0 Å². The predicted molar refractivity (Wildman–Crippen MR) is 435 cm³/mol. The van der Waals surface area contributed by atoms with E-state index in [-0.39, 0.29) is 0 Å². The smallest absolute Gasteiger partial charge is 0.136 e. The zero-order valence-electron chi connectivity index (χ0n) is 55.6. The molecule has 16 aromatic carbocycles. The quantitative estimate of drug-likeness (QED) is 0.160. The van der Waals surface area contributed by atoms with Crippen molar-refractivity contribution in [1.82, 2.24) is 18.3 Å². The van der Waals surface area contributed by atoms with Crippen LogP contribution in [-0.4, -0.2) is 18.3 Å². The molecule has 0 saturated heterocycles. The van der Waals surface area contributed by atoms with Crippen molar-refractivity contribution in [3.63, 3.8) is 0 Å². The Bertz CT molecular complexity index is 7830. The molecule has 0 aliphatic rings. The lowest BCUT2D eigenvalue weighted by Gasteiger charge is -2.13. The van der Waals surface area contributed by atoms with E-state index in [9.17, 15) is 0 Å². The molecule has 7 nitrogen and oxygen atoms in total. The van der Waals surface area contributed by atoms with Gasteiger partial charge in [-0.3, -0.25) is 0 Å². The second-order valence-electron chi connectivity index (χ2n) is 27.8. The average molecular weight is 1340 g/mol. The highest BCUT2D eigenvalue weighted by molar-refractivity contribution is 7.26. The number of hydrogen-bond acceptors (Lipinski definition) is 4. The highest BCUT2D eigenvalue weighted by Gasteiger charge is 2.27. The second kappa shape index (κ2) is 21.0. The Morgan fingerprint density at radius 1 is 0.192 bits per heavy atom. The van der Waals surface area contributed by atoms with E-state index in [2.05, 4.69) is 334 Å². The van der Waals surface area contributed by atoms with Gasteiger partial charge in [0.15, 0.2) is 0 Å². The van der Waals surface area contributed by atoms with Gasteiger partial charge < -0.3 is 31.5 Å². The third kappa shape index (κ3) is 7.83. The molecule has 8 heterocycles. The van der Waals surface area contributed by atoms with Crippen molar-refractivity contribution in [2.24, 2.45) is 0 Å². The van der Waals surface area contributed by atoms with Crippen molar-refractivity contribution in [2.75, 3.05) is 0 Å². The lowest BCUT2D eigenvalue weighted by molar-refractivity contribution is 0.669. The van der Waals surface area contributed by atoms with Gasteiger partial charge >= 0.3 is 0 Å². The fourth-order valence-corrected chi connectivity index (χ4v) is 18.9. The van der Waals surface area contributed by atoms with Crippen molar-refractivity contribution in [1.29, 1.82) is 0 Å². The maximum atomic E-state index is 7.09. The molecule has 0 spiro atoms. The maximum absolute atomic E-state index is 7.09. The molecule has 0 saturated carbocycles. The van der Waals surface area contributed by atoms with Crippen molar-refractivity contribution in [3.8, 4) is 56.1 Å². The van der Waals surface area contributed by atoms with Gasteiger partial charge in [0, 0.05) is 124 Å². The fraction of sp³-hybridized carbons (Fsp3) is 0. The number of furan rings is 3. The third-order valence-corrected chi connectivity index (χ3v) is 23.4. The number of rotatable bonds is 7. The topological polar surface area (TPSA) is 59.1 Å². The highest BCUT2D eigenvalue weighted by Crippen LogP contribution is 2.51. The average Bonchev–Trinajstić information content (AvgIpc) is 1.55. The first kappa shape index (κ1) is 56.1. The summed E-state index contributed by atoms with van der Waals surface area (Å²) in [5, 5.41) is 18.5. The van der Waals surface area contributed by atoms with Gasteiger partial charge in [0.1, 0.15) is 33.5 Å². The number of fused-ring (bicyclic) bond motifs is 26. The molecule has 104 heavy (non-hydrogen) atoms. The van der Waals surface area contributed by atoms with Gasteiger partial charge in [0.05, 0.1) is 44.1 Å². The summed E-state index contributed by atoms with van der Waals surface area (Å²) in [6.07, 6.45) is 0. The minimum absolute atomic E-state index is 0.841. The summed E-state index contributed by atoms with van der Waals surface area (Å²) in [6, 6.07) is 120. The Hall–Kier alpha value is -13.7. The van der Waals surface area contributed by atoms with E-state index in [0.29, 0.717) is 0 Å². The molecular formula is C96H54N4O3S. The molecule has 8 aromatic heterocycles. The van der Waals surface area contributed by atoms with E-state index < -0.39 is 0 Å². The van der Waals surface area contributed by atoms with Crippen LogP contribution in [0.3, 0.4) is 0 Å². The van der Waals surface area contributed by atoms with Gasteiger partial charge in [-0.1, -0.05) is 158 Å². The van der Waals surface area contributed by atoms with Crippen molar-refractivity contribution >= 4 is 185 Å². The molecule has 0 aliphatic heterocycles. The fourth-order valence-electron chi connectivity index (χ4n) is 17.8. The largest absolute Gasteiger partial charge is 0.456 e. The molecule has 0 unspecified atom stereocenters. The molecule has 24 aromatic rings. The summed E-state index contributed by atoms with van der Waals surface area (Å²) in [5.74, 6) is 0. The molecule has 0 bridgehead atoms. The first-order valence-corrected chi connectivity index (χ1v) is 36.2. The van der Waals surface area contributed by atoms with Crippen LogP contribution >= 0.6 is 11.3 Å². The molecule has 0 amide bonds. The van der Waals surface area contributed by atoms with Crippen LogP contribution in [-0.2, 0) is 0 Å². The molecule has 0 atom stereocenters. The van der Waals surface area contributed by atoms with Crippen LogP contribution < -0.4 is 0 Å². The summed E-state index contributed by atoms with van der Waals surface area (Å²) >= 11 is 1.87. The van der Waals surface area contributed by atoms with E-state index in [0.717, 1.165) is 182 Å². The number of benzene rings is 16. The highest BCUT2D eigenvalue weighted by atomic mass is 32.1. The third-order valence-electron chi connectivity index (χ3n) is 22.3. The molecule has 482 valence electrons. The van der Waals surface area contributed by atoms with E-state index >= 15 is 0 Å². The second-order valence-corrected chi connectivity index (χ2v) is 28.9.